The fraction of sp³-hybridized carbons (Fsp3) is 0.419. The Labute approximate surface area is 239 Å². The number of nitro groups is 1. The van der Waals surface area contributed by atoms with Gasteiger partial charge >= 0.3 is 0 Å². The fourth-order valence-electron chi connectivity index (χ4n) is 5.19. The maximum atomic E-state index is 12.7. The second-order valence-corrected chi connectivity index (χ2v) is 11.2. The lowest BCUT2D eigenvalue weighted by molar-refractivity contribution is -0.569. The molecule has 0 bridgehead atoms. The van der Waals surface area contributed by atoms with Crippen molar-refractivity contribution in [3.8, 4) is 0 Å². The lowest BCUT2D eigenvalue weighted by atomic mass is 9.94. The van der Waals surface area contributed by atoms with E-state index in [0.717, 1.165) is 41.3 Å². The highest BCUT2D eigenvalue weighted by Gasteiger charge is 2.56. The van der Waals surface area contributed by atoms with E-state index >= 15 is 0 Å². The van der Waals surface area contributed by atoms with Gasteiger partial charge in [0.1, 0.15) is 12.2 Å². The Morgan fingerprint density at radius 3 is 1.80 bits per heavy atom. The molecular weight excluding hydrogens is 528 g/mol. The molecule has 3 aromatic rings. The van der Waals surface area contributed by atoms with Crippen LogP contribution >= 0.6 is 11.8 Å². The van der Waals surface area contributed by atoms with Crippen LogP contribution in [0, 0.1) is 10.1 Å². The van der Waals surface area contributed by atoms with Crippen molar-refractivity contribution in [3.63, 3.8) is 0 Å². The maximum Gasteiger partial charge on any atom is 0.280 e. The molecular formula is C31H36N2O6S. The molecule has 5 rings (SSSR count). The van der Waals surface area contributed by atoms with Gasteiger partial charge in [0.25, 0.3) is 6.04 Å². The van der Waals surface area contributed by atoms with E-state index in [-0.39, 0.29) is 24.7 Å². The summed E-state index contributed by atoms with van der Waals surface area (Å²) in [6, 6.07) is 28.3. The van der Waals surface area contributed by atoms with Crippen molar-refractivity contribution in [1.82, 2.24) is 4.90 Å². The van der Waals surface area contributed by atoms with Gasteiger partial charge in [-0.2, -0.15) is 11.8 Å². The molecule has 5 atom stereocenters. The van der Waals surface area contributed by atoms with Gasteiger partial charge in [0.15, 0.2) is 12.3 Å². The molecule has 0 amide bonds. The van der Waals surface area contributed by atoms with Crippen molar-refractivity contribution in [2.24, 2.45) is 0 Å². The average Bonchev–Trinajstić information content (AvgIpc) is 3.01. The van der Waals surface area contributed by atoms with Crippen molar-refractivity contribution in [3.05, 3.63) is 118 Å². The molecule has 0 radical (unpaired) electrons. The third-order valence-corrected chi connectivity index (χ3v) is 8.19. The first-order chi connectivity index (χ1) is 19.7. The normalized spacial score (nSPS) is 25.4. The molecule has 212 valence electrons. The fourth-order valence-corrected chi connectivity index (χ4v) is 6.12. The summed E-state index contributed by atoms with van der Waals surface area (Å²) in [6.07, 6.45) is -2.83. The van der Waals surface area contributed by atoms with Gasteiger partial charge in [0, 0.05) is 29.5 Å². The smallest absolute Gasteiger partial charge is 0.280 e. The molecule has 0 N–H and O–H groups in total. The highest BCUT2D eigenvalue weighted by Crippen LogP contribution is 2.32. The quantitative estimate of drug-likeness (QED) is 0.229. The van der Waals surface area contributed by atoms with Crippen LogP contribution in [0.25, 0.3) is 0 Å². The lowest BCUT2D eigenvalue weighted by Gasteiger charge is -2.46. The van der Waals surface area contributed by atoms with Gasteiger partial charge in [-0.25, -0.2) is 0 Å². The highest BCUT2D eigenvalue weighted by molar-refractivity contribution is 7.99. The Kier molecular flexibility index (Phi) is 10.6. The average molecular weight is 565 g/mol. The molecule has 3 aromatic carbocycles. The lowest BCUT2D eigenvalue weighted by Crippen LogP contribution is -2.67. The van der Waals surface area contributed by atoms with Gasteiger partial charge in [-0.1, -0.05) is 91.0 Å². The van der Waals surface area contributed by atoms with Crippen LogP contribution < -0.4 is 0 Å². The number of ether oxygens (including phenoxy) is 4. The zero-order valence-electron chi connectivity index (χ0n) is 22.5. The van der Waals surface area contributed by atoms with Crippen LogP contribution in [0.1, 0.15) is 16.7 Å². The van der Waals surface area contributed by atoms with Crippen LogP contribution in [-0.4, -0.2) is 71.6 Å². The predicted octanol–water partition coefficient (Wildman–Crippen LogP) is 4.79. The highest BCUT2D eigenvalue weighted by atomic mass is 32.2. The molecule has 0 spiro atoms. The minimum absolute atomic E-state index is 0.225. The topological polar surface area (TPSA) is 83.3 Å². The predicted molar refractivity (Wildman–Crippen MR) is 154 cm³/mol. The Balaban J connectivity index is 1.42. The summed E-state index contributed by atoms with van der Waals surface area (Å²) >= 11 is 1.85. The molecule has 2 fully saturated rings. The van der Waals surface area contributed by atoms with E-state index in [9.17, 15) is 10.1 Å². The van der Waals surface area contributed by atoms with Crippen LogP contribution in [0.2, 0.25) is 0 Å². The van der Waals surface area contributed by atoms with Gasteiger partial charge in [0.05, 0.1) is 26.4 Å². The molecule has 9 heteroatoms. The number of nitrogens with zero attached hydrogens (tertiary/aromatic N) is 2. The van der Waals surface area contributed by atoms with E-state index in [1.807, 2.05) is 103 Å². The monoisotopic (exact) mass is 564 g/mol. The second kappa shape index (κ2) is 14.7. The minimum atomic E-state index is -1.11. The standard InChI is InChI=1S/C31H36N2O6S/c34-33(35)28-30(38-22-26-14-8-3-9-15-26)29(37-21-25-12-6-2-7-13-25)27(23-36-20-24-10-4-1-5-11-24)39-31(28)32-16-18-40-19-17-32/h1-15,27-31H,16-23H2/t27-,28-,29-,30-,31-/m1/s1. The number of rotatable bonds is 12. The van der Waals surface area contributed by atoms with Crippen LogP contribution in [0.3, 0.4) is 0 Å². The van der Waals surface area contributed by atoms with Crippen molar-refractivity contribution >= 4 is 11.8 Å². The van der Waals surface area contributed by atoms with Gasteiger partial charge in [-0.15, -0.1) is 0 Å². The molecule has 2 aliphatic heterocycles. The Hall–Kier alpha value is -2.79. The first kappa shape index (κ1) is 28.7. The molecule has 0 unspecified atom stereocenters. The number of hydrogen-bond acceptors (Lipinski definition) is 8. The van der Waals surface area contributed by atoms with Crippen molar-refractivity contribution in [2.75, 3.05) is 31.2 Å². The number of hydrogen-bond donors (Lipinski definition) is 0. The molecule has 2 aliphatic rings. The van der Waals surface area contributed by atoms with Crippen LogP contribution in [0.15, 0.2) is 91.0 Å². The Morgan fingerprint density at radius 2 is 1.27 bits per heavy atom. The summed E-state index contributed by atoms with van der Waals surface area (Å²) in [5.74, 6) is 1.81. The van der Waals surface area contributed by atoms with E-state index in [4.69, 9.17) is 18.9 Å². The number of thioether (sulfide) groups is 1. The largest absolute Gasteiger partial charge is 0.374 e. The molecule has 40 heavy (non-hydrogen) atoms. The van der Waals surface area contributed by atoms with E-state index < -0.39 is 30.6 Å². The second-order valence-electron chi connectivity index (χ2n) is 10.0. The van der Waals surface area contributed by atoms with Gasteiger partial charge in [-0.05, 0) is 16.7 Å². The molecule has 0 saturated carbocycles. The Bertz CT molecular complexity index is 1170. The third kappa shape index (κ3) is 7.69. The summed E-state index contributed by atoms with van der Waals surface area (Å²) < 4.78 is 25.6. The number of benzene rings is 3. The first-order valence-electron chi connectivity index (χ1n) is 13.7. The van der Waals surface area contributed by atoms with Crippen molar-refractivity contribution in [1.29, 1.82) is 0 Å². The van der Waals surface area contributed by atoms with E-state index in [1.165, 1.54) is 0 Å². The van der Waals surface area contributed by atoms with Crippen molar-refractivity contribution < 1.29 is 23.9 Å². The van der Waals surface area contributed by atoms with Crippen LogP contribution in [0.4, 0.5) is 0 Å². The minimum Gasteiger partial charge on any atom is -0.374 e. The molecule has 0 aromatic heterocycles. The zero-order valence-corrected chi connectivity index (χ0v) is 23.3. The van der Waals surface area contributed by atoms with Gasteiger partial charge in [-0.3, -0.25) is 15.0 Å². The SMILES string of the molecule is O=[N+]([O-])[C@@H]1[C@@H](OCc2ccccc2)[C@H](OCc2ccccc2)[C@@H](COCc2ccccc2)O[C@H]1N1CCSCC1. The summed E-state index contributed by atoms with van der Waals surface area (Å²) in [7, 11) is 0. The molecule has 0 aliphatic carbocycles. The summed E-state index contributed by atoms with van der Waals surface area (Å²) in [5.41, 5.74) is 2.96. The maximum absolute atomic E-state index is 12.7. The van der Waals surface area contributed by atoms with Crippen molar-refractivity contribution in [2.45, 2.75) is 50.4 Å². The van der Waals surface area contributed by atoms with Gasteiger partial charge in [0.2, 0.25) is 0 Å². The zero-order chi connectivity index (χ0) is 27.6. The van der Waals surface area contributed by atoms with E-state index in [1.54, 1.807) is 0 Å². The summed E-state index contributed by atoms with van der Waals surface area (Å²) in [5, 5.41) is 12.7. The van der Waals surface area contributed by atoms with E-state index in [2.05, 4.69) is 4.90 Å². The molecule has 8 nitrogen and oxygen atoms in total. The molecule has 2 heterocycles. The first-order valence-corrected chi connectivity index (χ1v) is 14.9. The molecule has 2 saturated heterocycles. The van der Waals surface area contributed by atoms with Crippen LogP contribution in [-0.2, 0) is 38.8 Å². The van der Waals surface area contributed by atoms with Crippen LogP contribution in [0.5, 0.6) is 0 Å². The van der Waals surface area contributed by atoms with Gasteiger partial charge < -0.3 is 18.9 Å². The Morgan fingerprint density at radius 1 is 0.775 bits per heavy atom. The third-order valence-electron chi connectivity index (χ3n) is 7.25. The summed E-state index contributed by atoms with van der Waals surface area (Å²) in [6.45, 7) is 2.59. The van der Waals surface area contributed by atoms with E-state index in [0.29, 0.717) is 6.61 Å². The summed E-state index contributed by atoms with van der Waals surface area (Å²) in [4.78, 5) is 14.5.